The lowest BCUT2D eigenvalue weighted by Crippen LogP contribution is -2.47. The molecule has 0 bridgehead atoms. The SMILES string of the molecule is CNCC(C)(C)N(C)Cc1ccccn1. The summed E-state index contributed by atoms with van der Waals surface area (Å²) in [5.41, 5.74) is 1.26. The molecular formula is C12H21N3. The summed E-state index contributed by atoms with van der Waals surface area (Å²) in [5, 5.41) is 3.21. The number of hydrogen-bond acceptors (Lipinski definition) is 3. The second-order valence-electron chi connectivity index (χ2n) is 4.52. The maximum atomic E-state index is 4.33. The summed E-state index contributed by atoms with van der Waals surface area (Å²) in [6, 6.07) is 6.04. The van der Waals surface area contributed by atoms with Crippen LogP contribution in [0.3, 0.4) is 0 Å². The molecule has 0 aliphatic rings. The topological polar surface area (TPSA) is 28.2 Å². The molecule has 0 aliphatic heterocycles. The van der Waals surface area contributed by atoms with E-state index in [1.165, 1.54) is 0 Å². The van der Waals surface area contributed by atoms with Crippen LogP contribution in [0.1, 0.15) is 19.5 Å². The van der Waals surface area contributed by atoms with Crippen molar-refractivity contribution < 1.29 is 0 Å². The van der Waals surface area contributed by atoms with Gasteiger partial charge in [0.2, 0.25) is 0 Å². The van der Waals surface area contributed by atoms with E-state index in [-0.39, 0.29) is 5.54 Å². The Kier molecular flexibility index (Phi) is 4.24. The molecule has 1 heterocycles. The highest BCUT2D eigenvalue weighted by Crippen LogP contribution is 2.13. The third-order valence-corrected chi connectivity index (χ3v) is 2.77. The van der Waals surface area contributed by atoms with Crippen molar-refractivity contribution in [3.8, 4) is 0 Å². The van der Waals surface area contributed by atoms with Gasteiger partial charge in [-0.15, -0.1) is 0 Å². The third-order valence-electron chi connectivity index (χ3n) is 2.77. The lowest BCUT2D eigenvalue weighted by Gasteiger charge is -2.35. The second-order valence-corrected chi connectivity index (χ2v) is 4.52. The quantitative estimate of drug-likeness (QED) is 0.793. The molecule has 0 fully saturated rings. The molecule has 0 saturated carbocycles. The van der Waals surface area contributed by atoms with Crippen LogP contribution in [0, 0.1) is 0 Å². The molecule has 0 aromatic carbocycles. The van der Waals surface area contributed by atoms with Gasteiger partial charge in [-0.05, 0) is 40.1 Å². The van der Waals surface area contributed by atoms with Crippen molar-refractivity contribution in [2.45, 2.75) is 25.9 Å². The van der Waals surface area contributed by atoms with Crippen molar-refractivity contribution in [3.63, 3.8) is 0 Å². The standard InChI is InChI=1S/C12H21N3/c1-12(2,10-13-3)15(4)9-11-7-5-6-8-14-11/h5-8,13H,9-10H2,1-4H3. The number of likely N-dealkylation sites (N-methyl/N-ethyl adjacent to an activating group) is 2. The van der Waals surface area contributed by atoms with Crippen molar-refractivity contribution in [2.75, 3.05) is 20.6 Å². The Morgan fingerprint density at radius 1 is 1.40 bits per heavy atom. The molecule has 1 N–H and O–H groups in total. The van der Waals surface area contributed by atoms with Gasteiger partial charge < -0.3 is 5.32 Å². The van der Waals surface area contributed by atoms with Crippen LogP contribution in [-0.2, 0) is 6.54 Å². The average Bonchev–Trinajstić information content (AvgIpc) is 2.19. The normalized spacial score (nSPS) is 12.1. The third kappa shape index (κ3) is 3.61. The Hall–Kier alpha value is -0.930. The predicted octanol–water partition coefficient (Wildman–Crippen LogP) is 1.51. The van der Waals surface area contributed by atoms with Crippen molar-refractivity contribution in [3.05, 3.63) is 30.1 Å². The molecule has 3 nitrogen and oxygen atoms in total. The molecule has 0 unspecified atom stereocenters. The van der Waals surface area contributed by atoms with Crippen LogP contribution in [0.5, 0.6) is 0 Å². The van der Waals surface area contributed by atoms with E-state index in [1.807, 2.05) is 25.4 Å². The van der Waals surface area contributed by atoms with Crippen molar-refractivity contribution >= 4 is 0 Å². The summed E-state index contributed by atoms with van der Waals surface area (Å²) in [6.45, 7) is 6.31. The number of nitrogens with zero attached hydrogens (tertiary/aromatic N) is 2. The monoisotopic (exact) mass is 207 g/mol. The van der Waals surface area contributed by atoms with Crippen LogP contribution in [0.25, 0.3) is 0 Å². The number of pyridine rings is 1. The first-order valence-electron chi connectivity index (χ1n) is 5.32. The molecule has 3 heteroatoms. The molecule has 0 atom stereocenters. The van der Waals surface area contributed by atoms with E-state index in [0.29, 0.717) is 0 Å². The highest BCUT2D eigenvalue weighted by molar-refractivity contribution is 5.04. The molecular weight excluding hydrogens is 186 g/mol. The Morgan fingerprint density at radius 2 is 2.13 bits per heavy atom. The Morgan fingerprint density at radius 3 is 2.67 bits per heavy atom. The van der Waals surface area contributed by atoms with Crippen LogP contribution in [0.4, 0.5) is 0 Å². The van der Waals surface area contributed by atoms with Gasteiger partial charge in [-0.1, -0.05) is 6.07 Å². The molecule has 1 rings (SSSR count). The van der Waals surface area contributed by atoms with E-state index in [9.17, 15) is 0 Å². The highest BCUT2D eigenvalue weighted by atomic mass is 15.2. The molecule has 0 radical (unpaired) electrons. The lowest BCUT2D eigenvalue weighted by atomic mass is 10.0. The van der Waals surface area contributed by atoms with Gasteiger partial charge in [-0.3, -0.25) is 9.88 Å². The Balaban J connectivity index is 2.59. The minimum atomic E-state index is 0.145. The highest BCUT2D eigenvalue weighted by Gasteiger charge is 2.22. The summed E-state index contributed by atoms with van der Waals surface area (Å²) in [4.78, 5) is 6.64. The summed E-state index contributed by atoms with van der Waals surface area (Å²) < 4.78 is 0. The van der Waals surface area contributed by atoms with Gasteiger partial charge in [-0.2, -0.15) is 0 Å². The first kappa shape index (κ1) is 12.1. The van der Waals surface area contributed by atoms with Gasteiger partial charge in [-0.25, -0.2) is 0 Å². The zero-order valence-electron chi connectivity index (χ0n) is 10.1. The van der Waals surface area contributed by atoms with E-state index < -0.39 is 0 Å². The Labute approximate surface area is 92.5 Å². The summed E-state index contributed by atoms with van der Waals surface area (Å²) in [7, 11) is 4.11. The van der Waals surface area contributed by atoms with Crippen LogP contribution < -0.4 is 5.32 Å². The van der Waals surface area contributed by atoms with Crippen LogP contribution in [0.15, 0.2) is 24.4 Å². The smallest absolute Gasteiger partial charge is 0.0544 e. The van der Waals surface area contributed by atoms with Gasteiger partial charge in [0.05, 0.1) is 5.69 Å². The minimum Gasteiger partial charge on any atom is -0.318 e. The zero-order chi connectivity index (χ0) is 11.3. The Bertz CT molecular complexity index is 282. The van der Waals surface area contributed by atoms with Gasteiger partial charge >= 0.3 is 0 Å². The largest absolute Gasteiger partial charge is 0.318 e. The van der Waals surface area contributed by atoms with E-state index in [4.69, 9.17) is 0 Å². The number of aromatic nitrogens is 1. The fourth-order valence-corrected chi connectivity index (χ4v) is 1.52. The first-order valence-corrected chi connectivity index (χ1v) is 5.32. The first-order chi connectivity index (χ1) is 7.06. The van der Waals surface area contributed by atoms with Gasteiger partial charge in [0, 0.05) is 24.8 Å². The molecule has 1 aromatic heterocycles. The van der Waals surface area contributed by atoms with Gasteiger partial charge in [0.15, 0.2) is 0 Å². The maximum absolute atomic E-state index is 4.33. The maximum Gasteiger partial charge on any atom is 0.0544 e. The summed E-state index contributed by atoms with van der Waals surface area (Å²) in [5.74, 6) is 0. The van der Waals surface area contributed by atoms with E-state index in [1.54, 1.807) is 0 Å². The number of nitrogens with one attached hydrogen (secondary N) is 1. The minimum absolute atomic E-state index is 0.145. The molecule has 0 amide bonds. The van der Waals surface area contributed by atoms with Crippen LogP contribution in [0.2, 0.25) is 0 Å². The van der Waals surface area contributed by atoms with Crippen molar-refractivity contribution in [1.82, 2.24) is 15.2 Å². The second kappa shape index (κ2) is 5.24. The van der Waals surface area contributed by atoms with Crippen LogP contribution in [-0.4, -0.2) is 36.1 Å². The van der Waals surface area contributed by atoms with Crippen molar-refractivity contribution in [1.29, 1.82) is 0 Å². The van der Waals surface area contributed by atoms with Gasteiger partial charge in [0.1, 0.15) is 0 Å². The van der Waals surface area contributed by atoms with Crippen LogP contribution >= 0.6 is 0 Å². The summed E-state index contributed by atoms with van der Waals surface area (Å²) in [6.07, 6.45) is 1.84. The van der Waals surface area contributed by atoms with E-state index >= 15 is 0 Å². The molecule has 0 spiro atoms. The fraction of sp³-hybridized carbons (Fsp3) is 0.583. The fourth-order valence-electron chi connectivity index (χ4n) is 1.52. The molecule has 15 heavy (non-hydrogen) atoms. The number of hydrogen-bond donors (Lipinski definition) is 1. The van der Waals surface area contributed by atoms with Gasteiger partial charge in [0.25, 0.3) is 0 Å². The number of rotatable bonds is 5. The van der Waals surface area contributed by atoms with E-state index in [2.05, 4.69) is 42.2 Å². The lowest BCUT2D eigenvalue weighted by molar-refractivity contribution is 0.146. The average molecular weight is 207 g/mol. The summed E-state index contributed by atoms with van der Waals surface area (Å²) >= 11 is 0. The van der Waals surface area contributed by atoms with E-state index in [0.717, 1.165) is 18.8 Å². The molecule has 1 aromatic rings. The zero-order valence-corrected chi connectivity index (χ0v) is 10.1. The molecule has 84 valence electrons. The predicted molar refractivity (Wildman–Crippen MR) is 63.7 cm³/mol. The molecule has 0 saturated heterocycles. The van der Waals surface area contributed by atoms with Crippen molar-refractivity contribution in [2.24, 2.45) is 0 Å². The molecule has 0 aliphatic carbocycles.